The number of pyridine rings is 1. The van der Waals surface area contributed by atoms with E-state index in [9.17, 15) is 9.59 Å². The van der Waals surface area contributed by atoms with Crippen molar-refractivity contribution in [3.63, 3.8) is 0 Å². The molecule has 4 rings (SSSR count). The van der Waals surface area contributed by atoms with Gasteiger partial charge in [-0.15, -0.1) is 0 Å². The van der Waals surface area contributed by atoms with Crippen molar-refractivity contribution in [2.24, 2.45) is 4.99 Å². The zero-order chi connectivity index (χ0) is 22.0. The molecule has 1 unspecified atom stereocenters. The van der Waals surface area contributed by atoms with Crippen LogP contribution in [0.5, 0.6) is 5.75 Å². The number of para-hydroxylation sites is 1. The highest BCUT2D eigenvalue weighted by molar-refractivity contribution is 7.07. The number of fused-ring (bicyclic) bond motifs is 1. The monoisotopic (exact) mass is 435 g/mol. The number of benzene rings is 1. The lowest BCUT2D eigenvalue weighted by atomic mass is 9.95. The van der Waals surface area contributed by atoms with Gasteiger partial charge < -0.3 is 9.47 Å². The van der Waals surface area contributed by atoms with Crippen molar-refractivity contribution in [3.05, 3.63) is 90.9 Å². The molecule has 31 heavy (non-hydrogen) atoms. The van der Waals surface area contributed by atoms with Crippen LogP contribution in [0, 0.1) is 0 Å². The first-order valence-electron chi connectivity index (χ1n) is 9.77. The number of allylic oxidation sites excluding steroid dienone is 1. The van der Waals surface area contributed by atoms with Gasteiger partial charge in [0.2, 0.25) is 0 Å². The molecule has 2 aromatic heterocycles. The van der Waals surface area contributed by atoms with E-state index in [4.69, 9.17) is 9.47 Å². The van der Waals surface area contributed by atoms with Crippen LogP contribution in [0.2, 0.25) is 0 Å². The van der Waals surface area contributed by atoms with Gasteiger partial charge in [-0.05, 0) is 43.7 Å². The van der Waals surface area contributed by atoms with E-state index in [2.05, 4.69) is 9.98 Å². The van der Waals surface area contributed by atoms with E-state index in [0.717, 1.165) is 5.56 Å². The van der Waals surface area contributed by atoms with Crippen molar-refractivity contribution >= 4 is 23.4 Å². The second-order valence-corrected chi connectivity index (χ2v) is 7.83. The molecule has 7 nitrogen and oxygen atoms in total. The predicted molar refractivity (Wildman–Crippen MR) is 118 cm³/mol. The topological polar surface area (TPSA) is 82.8 Å². The van der Waals surface area contributed by atoms with Crippen LogP contribution >= 0.6 is 11.3 Å². The average molecular weight is 436 g/mol. The van der Waals surface area contributed by atoms with Gasteiger partial charge in [0.1, 0.15) is 11.8 Å². The molecule has 0 bridgehead atoms. The summed E-state index contributed by atoms with van der Waals surface area (Å²) in [6.45, 7) is 3.73. The lowest BCUT2D eigenvalue weighted by molar-refractivity contribution is -0.139. The molecule has 1 aliphatic heterocycles. The van der Waals surface area contributed by atoms with Gasteiger partial charge in [-0.25, -0.2) is 9.79 Å². The Kier molecular flexibility index (Phi) is 5.81. The Balaban J connectivity index is 2.00. The highest BCUT2D eigenvalue weighted by Gasteiger charge is 2.34. The number of ether oxygens (including phenoxy) is 2. The van der Waals surface area contributed by atoms with E-state index in [1.807, 2.05) is 30.3 Å². The van der Waals surface area contributed by atoms with E-state index in [1.54, 1.807) is 50.1 Å². The predicted octanol–water partition coefficient (Wildman–Crippen LogP) is 2.20. The third kappa shape index (κ3) is 3.82. The number of carbonyl (C=O) groups excluding carboxylic acids is 1. The molecule has 0 N–H and O–H groups in total. The zero-order valence-electron chi connectivity index (χ0n) is 17.4. The fourth-order valence-corrected chi connectivity index (χ4v) is 4.64. The molecule has 3 heterocycles. The normalized spacial score (nSPS) is 16.0. The van der Waals surface area contributed by atoms with Gasteiger partial charge in [0.05, 0.1) is 29.5 Å². The molecule has 1 atom stereocenters. The van der Waals surface area contributed by atoms with Gasteiger partial charge in [-0.1, -0.05) is 29.5 Å². The van der Waals surface area contributed by atoms with Crippen LogP contribution in [0.25, 0.3) is 6.08 Å². The van der Waals surface area contributed by atoms with Gasteiger partial charge in [-0.3, -0.25) is 14.3 Å². The number of rotatable bonds is 5. The summed E-state index contributed by atoms with van der Waals surface area (Å²) in [5.74, 6) is 0.0794. The SMILES string of the molecule is CCOC(=O)C1=C(C)N=c2sc(=Cc3ccncc3)c(=O)n2C1c1ccccc1OC. The minimum Gasteiger partial charge on any atom is -0.496 e. The molecule has 0 aliphatic carbocycles. The number of carbonyl (C=O) groups is 1. The number of aromatic nitrogens is 2. The molecule has 158 valence electrons. The first-order chi connectivity index (χ1) is 15.0. The van der Waals surface area contributed by atoms with E-state index < -0.39 is 12.0 Å². The van der Waals surface area contributed by atoms with Gasteiger partial charge >= 0.3 is 5.97 Å². The quantitative estimate of drug-likeness (QED) is 0.574. The van der Waals surface area contributed by atoms with Crippen molar-refractivity contribution in [3.8, 4) is 5.75 Å². The number of methoxy groups -OCH3 is 1. The number of esters is 1. The third-order valence-corrected chi connectivity index (χ3v) is 5.94. The molecule has 0 saturated heterocycles. The second-order valence-electron chi connectivity index (χ2n) is 6.82. The summed E-state index contributed by atoms with van der Waals surface area (Å²) in [5.41, 5.74) is 2.17. The number of nitrogens with zero attached hydrogens (tertiary/aromatic N) is 3. The standard InChI is InChI=1S/C23H21N3O4S/c1-4-30-22(28)19-14(2)25-23-26(20(19)16-7-5-6-8-17(16)29-3)21(27)18(31-23)13-15-9-11-24-12-10-15/h5-13,20H,4H2,1-3H3. The van der Waals surface area contributed by atoms with Crippen LogP contribution in [0.1, 0.15) is 31.0 Å². The van der Waals surface area contributed by atoms with Gasteiger partial charge in [0.25, 0.3) is 5.56 Å². The molecule has 0 spiro atoms. The van der Waals surface area contributed by atoms with Gasteiger partial charge in [-0.2, -0.15) is 0 Å². The Bertz CT molecular complexity index is 1340. The molecular formula is C23H21N3O4S. The second kappa shape index (κ2) is 8.69. The third-order valence-electron chi connectivity index (χ3n) is 4.95. The van der Waals surface area contributed by atoms with Crippen LogP contribution in [0.3, 0.4) is 0 Å². The van der Waals surface area contributed by atoms with Crippen LogP contribution < -0.4 is 19.6 Å². The van der Waals surface area contributed by atoms with Crippen LogP contribution in [0.15, 0.2) is 69.8 Å². The summed E-state index contributed by atoms with van der Waals surface area (Å²) in [5, 5.41) is 0. The lowest BCUT2D eigenvalue weighted by Crippen LogP contribution is -2.40. The van der Waals surface area contributed by atoms with E-state index in [1.165, 1.54) is 11.3 Å². The Morgan fingerprint density at radius 3 is 2.68 bits per heavy atom. The van der Waals surface area contributed by atoms with E-state index in [0.29, 0.717) is 31.9 Å². The first kappa shape index (κ1) is 20.7. The van der Waals surface area contributed by atoms with Crippen molar-refractivity contribution in [1.29, 1.82) is 0 Å². The molecule has 0 fully saturated rings. The zero-order valence-corrected chi connectivity index (χ0v) is 18.2. The fraction of sp³-hybridized carbons (Fsp3) is 0.217. The maximum atomic E-state index is 13.5. The van der Waals surface area contributed by atoms with Crippen molar-refractivity contribution in [1.82, 2.24) is 9.55 Å². The number of thiazole rings is 1. The molecule has 0 amide bonds. The minimum absolute atomic E-state index is 0.223. The maximum Gasteiger partial charge on any atom is 0.338 e. The molecule has 8 heteroatoms. The van der Waals surface area contributed by atoms with Gasteiger partial charge in [0.15, 0.2) is 4.80 Å². The molecular weight excluding hydrogens is 414 g/mol. The molecule has 3 aromatic rings. The Morgan fingerprint density at radius 2 is 1.97 bits per heavy atom. The summed E-state index contributed by atoms with van der Waals surface area (Å²) in [6, 6.07) is 10.3. The summed E-state index contributed by atoms with van der Waals surface area (Å²) in [6.07, 6.45) is 5.14. The largest absolute Gasteiger partial charge is 0.496 e. The maximum absolute atomic E-state index is 13.5. The van der Waals surface area contributed by atoms with Crippen LogP contribution in [-0.2, 0) is 9.53 Å². The van der Waals surface area contributed by atoms with E-state index >= 15 is 0 Å². The summed E-state index contributed by atoms with van der Waals surface area (Å²) >= 11 is 1.28. The minimum atomic E-state index is -0.703. The summed E-state index contributed by atoms with van der Waals surface area (Å²) < 4.78 is 12.9. The Hall–Kier alpha value is -3.52. The molecule has 1 aromatic carbocycles. The van der Waals surface area contributed by atoms with Crippen molar-refractivity contribution in [2.75, 3.05) is 13.7 Å². The first-order valence-corrected chi connectivity index (χ1v) is 10.6. The lowest BCUT2D eigenvalue weighted by Gasteiger charge is -2.25. The molecule has 0 saturated carbocycles. The molecule has 1 aliphatic rings. The Labute approximate surface area is 182 Å². The number of hydrogen-bond donors (Lipinski definition) is 0. The van der Waals surface area contributed by atoms with Crippen molar-refractivity contribution in [2.45, 2.75) is 19.9 Å². The fourth-order valence-electron chi connectivity index (χ4n) is 3.59. The van der Waals surface area contributed by atoms with Gasteiger partial charge in [0, 0.05) is 18.0 Å². The van der Waals surface area contributed by atoms with Crippen LogP contribution in [0.4, 0.5) is 0 Å². The smallest absolute Gasteiger partial charge is 0.338 e. The highest BCUT2D eigenvalue weighted by atomic mass is 32.1. The molecule has 0 radical (unpaired) electrons. The van der Waals surface area contributed by atoms with E-state index in [-0.39, 0.29) is 12.2 Å². The highest BCUT2D eigenvalue weighted by Crippen LogP contribution is 2.35. The summed E-state index contributed by atoms with van der Waals surface area (Å²) in [4.78, 5) is 35.5. The average Bonchev–Trinajstić information content (AvgIpc) is 3.08. The number of hydrogen-bond acceptors (Lipinski definition) is 7. The Morgan fingerprint density at radius 1 is 1.23 bits per heavy atom. The van der Waals surface area contributed by atoms with Crippen LogP contribution in [-0.4, -0.2) is 29.2 Å². The van der Waals surface area contributed by atoms with Crippen molar-refractivity contribution < 1.29 is 14.3 Å². The summed E-state index contributed by atoms with van der Waals surface area (Å²) in [7, 11) is 1.56.